The number of fused-ring (bicyclic) bond motifs is 1. The van der Waals surface area contributed by atoms with E-state index in [9.17, 15) is 4.79 Å². The first-order valence-corrected chi connectivity index (χ1v) is 4.72. The molecule has 90 valence electrons. The fourth-order valence-corrected chi connectivity index (χ4v) is 1.10. The lowest BCUT2D eigenvalue weighted by Gasteiger charge is -2.09. The van der Waals surface area contributed by atoms with Crippen molar-refractivity contribution in [3.8, 4) is 5.88 Å². The van der Waals surface area contributed by atoms with Crippen molar-refractivity contribution < 1.29 is 14.3 Å². The van der Waals surface area contributed by atoms with Crippen molar-refractivity contribution in [2.24, 2.45) is 5.73 Å². The number of ether oxygens (including phenoxy) is 2. The Labute approximate surface area is 95.5 Å². The van der Waals surface area contributed by atoms with Crippen LogP contribution in [0.2, 0.25) is 0 Å². The van der Waals surface area contributed by atoms with Crippen LogP contribution in [0.1, 0.15) is 0 Å². The minimum atomic E-state index is -0.855. The van der Waals surface area contributed by atoms with Gasteiger partial charge >= 0.3 is 5.97 Å². The Morgan fingerprint density at radius 3 is 3.18 bits per heavy atom. The Hall–Kier alpha value is -2.29. The normalized spacial score (nSPS) is 12.4. The summed E-state index contributed by atoms with van der Waals surface area (Å²) in [5.74, 6) is -0.280. The molecule has 2 N–H and O–H groups in total. The Morgan fingerprint density at radius 2 is 2.41 bits per heavy atom. The summed E-state index contributed by atoms with van der Waals surface area (Å²) in [6.07, 6.45) is 0. The fourth-order valence-electron chi connectivity index (χ4n) is 1.10. The minimum absolute atomic E-state index is 0.0344. The lowest BCUT2D eigenvalue weighted by Crippen LogP contribution is -2.37. The van der Waals surface area contributed by atoms with Crippen LogP contribution in [0, 0.1) is 0 Å². The minimum Gasteiger partial charge on any atom is -0.474 e. The number of aromatic nitrogens is 5. The highest BCUT2D eigenvalue weighted by atomic mass is 16.5. The summed E-state index contributed by atoms with van der Waals surface area (Å²) in [5, 5.41) is 14.6. The van der Waals surface area contributed by atoms with Crippen molar-refractivity contribution in [2.75, 3.05) is 13.7 Å². The SMILES string of the molecule is COC(=O)C(N)COc1ccc2nnnn2n1. The van der Waals surface area contributed by atoms with Gasteiger partial charge in [-0.15, -0.1) is 14.8 Å². The molecule has 2 rings (SSSR count). The Balaban J connectivity index is 2.01. The molecule has 0 saturated carbocycles. The van der Waals surface area contributed by atoms with Gasteiger partial charge < -0.3 is 15.2 Å². The van der Waals surface area contributed by atoms with E-state index in [2.05, 4.69) is 25.4 Å². The van der Waals surface area contributed by atoms with Crippen molar-refractivity contribution in [1.82, 2.24) is 25.3 Å². The van der Waals surface area contributed by atoms with Crippen molar-refractivity contribution in [2.45, 2.75) is 6.04 Å². The summed E-state index contributed by atoms with van der Waals surface area (Å²) >= 11 is 0. The number of esters is 1. The topological polar surface area (TPSA) is 118 Å². The molecule has 0 amide bonds. The molecular formula is C8H10N6O3. The number of hydrogen-bond acceptors (Lipinski definition) is 8. The maximum absolute atomic E-state index is 11.0. The van der Waals surface area contributed by atoms with Crippen LogP contribution in [-0.4, -0.2) is 51.0 Å². The molecule has 0 spiro atoms. The predicted octanol–water partition coefficient (Wildman–Crippen LogP) is -1.60. The van der Waals surface area contributed by atoms with E-state index in [4.69, 9.17) is 10.5 Å². The number of nitrogens with zero attached hydrogens (tertiary/aromatic N) is 5. The maximum Gasteiger partial charge on any atom is 0.326 e. The second-order valence-corrected chi connectivity index (χ2v) is 3.14. The van der Waals surface area contributed by atoms with Crippen LogP contribution in [0.15, 0.2) is 12.1 Å². The van der Waals surface area contributed by atoms with E-state index in [1.165, 1.54) is 11.7 Å². The van der Waals surface area contributed by atoms with E-state index in [0.29, 0.717) is 5.65 Å². The molecular weight excluding hydrogens is 228 g/mol. The lowest BCUT2D eigenvalue weighted by atomic mass is 10.3. The standard InChI is InChI=1S/C8H10N6O3/c1-16-8(15)5(9)4-17-7-3-2-6-10-12-13-14(6)11-7/h2-3,5H,4,9H2,1H3. The third-order valence-electron chi connectivity index (χ3n) is 1.96. The first-order valence-electron chi connectivity index (χ1n) is 4.72. The third-order valence-corrected chi connectivity index (χ3v) is 1.96. The number of carbonyl (C=O) groups excluding carboxylic acids is 1. The van der Waals surface area contributed by atoms with Crippen molar-refractivity contribution >= 4 is 11.6 Å². The second kappa shape index (κ2) is 4.70. The van der Waals surface area contributed by atoms with Gasteiger partial charge in [-0.1, -0.05) is 0 Å². The Morgan fingerprint density at radius 1 is 1.59 bits per heavy atom. The average Bonchev–Trinajstić information content (AvgIpc) is 2.82. The zero-order valence-electron chi connectivity index (χ0n) is 8.98. The van der Waals surface area contributed by atoms with Gasteiger partial charge in [-0.2, -0.15) is 0 Å². The molecule has 2 heterocycles. The first kappa shape index (κ1) is 11.2. The number of hydrogen-bond donors (Lipinski definition) is 1. The molecule has 2 aromatic heterocycles. The van der Waals surface area contributed by atoms with Crippen LogP contribution in [0.25, 0.3) is 5.65 Å². The maximum atomic E-state index is 11.0. The van der Waals surface area contributed by atoms with E-state index < -0.39 is 12.0 Å². The van der Waals surface area contributed by atoms with Crippen LogP contribution < -0.4 is 10.5 Å². The monoisotopic (exact) mass is 238 g/mol. The number of nitrogens with two attached hydrogens (primary N) is 1. The molecule has 0 aromatic carbocycles. The molecule has 0 aliphatic heterocycles. The van der Waals surface area contributed by atoms with Crippen LogP contribution in [0.5, 0.6) is 5.88 Å². The largest absolute Gasteiger partial charge is 0.474 e. The number of tetrazole rings is 1. The molecule has 2 aromatic rings. The number of carbonyl (C=O) groups is 1. The fraction of sp³-hybridized carbons (Fsp3) is 0.375. The quantitative estimate of drug-likeness (QED) is 0.632. The number of rotatable bonds is 4. The first-order chi connectivity index (χ1) is 8.20. The summed E-state index contributed by atoms with van der Waals surface area (Å²) in [4.78, 5) is 11.0. The molecule has 0 aliphatic carbocycles. The van der Waals surface area contributed by atoms with Gasteiger partial charge in [0, 0.05) is 6.07 Å². The van der Waals surface area contributed by atoms with Crippen LogP contribution in [0.3, 0.4) is 0 Å². The van der Waals surface area contributed by atoms with Gasteiger partial charge in [0.2, 0.25) is 5.88 Å². The van der Waals surface area contributed by atoms with E-state index in [0.717, 1.165) is 0 Å². The summed E-state index contributed by atoms with van der Waals surface area (Å²) in [5.41, 5.74) is 5.99. The van der Waals surface area contributed by atoms with Crippen molar-refractivity contribution in [3.05, 3.63) is 12.1 Å². The molecule has 0 aliphatic rings. The Kier molecular flexibility index (Phi) is 3.10. The highest BCUT2D eigenvalue weighted by molar-refractivity contribution is 5.75. The molecule has 9 heteroatoms. The molecule has 0 fully saturated rings. The Bertz CT molecular complexity index is 527. The second-order valence-electron chi connectivity index (χ2n) is 3.14. The predicted molar refractivity (Wildman–Crippen MR) is 54.1 cm³/mol. The van der Waals surface area contributed by atoms with E-state index in [1.807, 2.05) is 0 Å². The molecule has 0 bridgehead atoms. The average molecular weight is 238 g/mol. The van der Waals surface area contributed by atoms with Crippen molar-refractivity contribution in [1.29, 1.82) is 0 Å². The third kappa shape index (κ3) is 2.45. The number of methoxy groups -OCH3 is 1. The van der Waals surface area contributed by atoms with E-state index in [1.54, 1.807) is 12.1 Å². The summed E-state index contributed by atoms with van der Waals surface area (Å²) in [6.45, 7) is -0.0344. The lowest BCUT2D eigenvalue weighted by molar-refractivity contribution is -0.142. The molecule has 0 saturated heterocycles. The summed E-state index contributed by atoms with van der Waals surface area (Å²) in [6, 6.07) is 2.35. The van der Waals surface area contributed by atoms with Crippen LogP contribution >= 0.6 is 0 Å². The molecule has 0 radical (unpaired) electrons. The highest BCUT2D eigenvalue weighted by Crippen LogP contribution is 2.06. The van der Waals surface area contributed by atoms with Gasteiger partial charge in [0.15, 0.2) is 5.65 Å². The van der Waals surface area contributed by atoms with E-state index >= 15 is 0 Å². The molecule has 1 unspecified atom stereocenters. The highest BCUT2D eigenvalue weighted by Gasteiger charge is 2.14. The van der Waals surface area contributed by atoms with Crippen LogP contribution in [-0.2, 0) is 9.53 Å². The van der Waals surface area contributed by atoms with E-state index in [-0.39, 0.29) is 12.5 Å². The molecule has 1 atom stereocenters. The summed E-state index contributed by atoms with van der Waals surface area (Å²) < 4.78 is 10.9. The van der Waals surface area contributed by atoms with Gasteiger partial charge in [0.1, 0.15) is 12.6 Å². The van der Waals surface area contributed by atoms with Crippen LogP contribution in [0.4, 0.5) is 0 Å². The smallest absolute Gasteiger partial charge is 0.326 e. The van der Waals surface area contributed by atoms with Gasteiger partial charge in [-0.05, 0) is 16.5 Å². The van der Waals surface area contributed by atoms with Gasteiger partial charge in [0.25, 0.3) is 0 Å². The zero-order chi connectivity index (χ0) is 12.3. The summed E-state index contributed by atoms with van der Waals surface area (Å²) in [7, 11) is 1.26. The molecule has 9 nitrogen and oxygen atoms in total. The van der Waals surface area contributed by atoms with Gasteiger partial charge in [0.05, 0.1) is 7.11 Å². The molecule has 17 heavy (non-hydrogen) atoms. The van der Waals surface area contributed by atoms with Gasteiger partial charge in [-0.25, -0.2) is 0 Å². The zero-order valence-corrected chi connectivity index (χ0v) is 8.98. The van der Waals surface area contributed by atoms with Gasteiger partial charge in [-0.3, -0.25) is 4.79 Å². The van der Waals surface area contributed by atoms with Crippen molar-refractivity contribution in [3.63, 3.8) is 0 Å².